The van der Waals surface area contributed by atoms with Crippen molar-refractivity contribution in [3.8, 4) is 0 Å². The number of halogens is 3. The first kappa shape index (κ1) is 19.5. The molecule has 0 aromatic carbocycles. The van der Waals surface area contributed by atoms with E-state index in [2.05, 4.69) is 25.7 Å². The van der Waals surface area contributed by atoms with E-state index in [1.165, 1.54) is 6.92 Å². The van der Waals surface area contributed by atoms with Crippen LogP contribution in [-0.4, -0.2) is 25.8 Å². The number of H-pyrrole nitrogens is 1. The molecule has 1 atom stereocenters. The lowest BCUT2D eigenvalue weighted by Gasteiger charge is -2.26. The Balaban J connectivity index is 1.80. The summed E-state index contributed by atoms with van der Waals surface area (Å²) in [6.45, 7) is 4.05. The van der Waals surface area contributed by atoms with Gasteiger partial charge in [0.1, 0.15) is 10.5 Å². The Morgan fingerprint density at radius 3 is 2.74 bits per heavy atom. The molecule has 8 nitrogen and oxygen atoms in total. The number of hydrogen-bond donors (Lipinski definition) is 3. The number of aryl methyl sites for hydroxylation is 2. The van der Waals surface area contributed by atoms with Crippen molar-refractivity contribution in [3.05, 3.63) is 51.2 Å². The molecule has 0 aliphatic carbocycles. The van der Waals surface area contributed by atoms with Crippen LogP contribution in [0.3, 0.4) is 0 Å². The normalized spacial score (nSPS) is 16.4. The van der Waals surface area contributed by atoms with Crippen molar-refractivity contribution in [2.24, 2.45) is 0 Å². The lowest BCUT2D eigenvalue weighted by molar-refractivity contribution is -0.141. The van der Waals surface area contributed by atoms with Gasteiger partial charge >= 0.3 is 12.2 Å². The average molecular weight is 448 g/mol. The zero-order valence-electron chi connectivity index (χ0n) is 16.2. The van der Waals surface area contributed by atoms with Crippen molar-refractivity contribution in [2.45, 2.75) is 32.6 Å². The first-order chi connectivity index (χ1) is 14.7. The Morgan fingerprint density at radius 1 is 1.29 bits per heavy atom. The van der Waals surface area contributed by atoms with Gasteiger partial charge in [0.15, 0.2) is 0 Å². The highest BCUT2D eigenvalue weighted by atomic mass is 32.1. The molecule has 1 aliphatic heterocycles. The van der Waals surface area contributed by atoms with Gasteiger partial charge in [-0.05, 0) is 25.5 Å². The average Bonchev–Trinajstić information content (AvgIpc) is 3.31. The summed E-state index contributed by atoms with van der Waals surface area (Å²) in [4.78, 5) is 32.1. The van der Waals surface area contributed by atoms with E-state index in [9.17, 15) is 22.8 Å². The molecule has 0 radical (unpaired) electrons. The van der Waals surface area contributed by atoms with Crippen molar-refractivity contribution < 1.29 is 18.0 Å². The Morgan fingerprint density at radius 2 is 2.06 bits per heavy atom. The highest BCUT2D eigenvalue weighted by molar-refractivity contribution is 7.26. The number of thiophene rings is 1. The van der Waals surface area contributed by atoms with Crippen LogP contribution in [0.15, 0.2) is 23.3 Å². The Hall–Kier alpha value is -3.41. The van der Waals surface area contributed by atoms with Gasteiger partial charge in [-0.3, -0.25) is 9.48 Å². The number of aromatic amines is 1. The van der Waals surface area contributed by atoms with Crippen molar-refractivity contribution >= 4 is 43.5 Å². The van der Waals surface area contributed by atoms with Crippen LogP contribution in [-0.2, 0) is 12.7 Å². The van der Waals surface area contributed by atoms with Crippen molar-refractivity contribution in [1.29, 1.82) is 0 Å². The highest BCUT2D eigenvalue weighted by Crippen LogP contribution is 2.42. The van der Waals surface area contributed by atoms with Crippen LogP contribution in [0.2, 0.25) is 0 Å². The minimum absolute atomic E-state index is 0.134. The molecule has 0 bridgehead atoms. The fourth-order valence-electron chi connectivity index (χ4n) is 3.84. The molecule has 0 saturated heterocycles. The zero-order valence-corrected chi connectivity index (χ0v) is 17.0. The van der Waals surface area contributed by atoms with Gasteiger partial charge in [0.25, 0.3) is 5.56 Å². The molecular weight excluding hydrogens is 433 g/mol. The van der Waals surface area contributed by atoms with E-state index in [-0.39, 0.29) is 16.1 Å². The van der Waals surface area contributed by atoms with E-state index < -0.39 is 29.5 Å². The molecular formula is C19H15F3N6O2S. The van der Waals surface area contributed by atoms with E-state index in [1.54, 1.807) is 17.1 Å². The summed E-state index contributed by atoms with van der Waals surface area (Å²) in [7, 11) is 0. The number of urea groups is 1. The third-order valence-electron chi connectivity index (χ3n) is 5.24. The second-order valence-electron chi connectivity index (χ2n) is 7.21. The molecule has 5 heterocycles. The maximum absolute atomic E-state index is 13.2. The lowest BCUT2D eigenvalue weighted by atomic mass is 9.99. The summed E-state index contributed by atoms with van der Waals surface area (Å²) in [5, 5.41) is 10.0. The van der Waals surface area contributed by atoms with Gasteiger partial charge in [-0.2, -0.15) is 18.3 Å². The number of rotatable bonds is 2. The van der Waals surface area contributed by atoms with E-state index in [0.717, 1.165) is 17.4 Å². The maximum Gasteiger partial charge on any atom is 0.433 e. The topological polar surface area (TPSA) is 105 Å². The molecule has 0 saturated carbocycles. The smallest absolute Gasteiger partial charge is 0.327 e. The quantitative estimate of drug-likeness (QED) is 0.433. The summed E-state index contributed by atoms with van der Waals surface area (Å²) in [5.41, 5.74) is 0.389. The first-order valence-electron chi connectivity index (χ1n) is 9.34. The van der Waals surface area contributed by atoms with E-state index >= 15 is 0 Å². The number of alkyl halides is 3. The molecule has 0 spiro atoms. The maximum atomic E-state index is 13.2. The number of pyridine rings is 2. The molecule has 1 unspecified atom stereocenters. The van der Waals surface area contributed by atoms with Gasteiger partial charge in [0.2, 0.25) is 0 Å². The van der Waals surface area contributed by atoms with E-state index in [4.69, 9.17) is 0 Å². The van der Waals surface area contributed by atoms with Gasteiger partial charge in [-0.15, -0.1) is 11.3 Å². The fourth-order valence-corrected chi connectivity index (χ4v) is 5.06. The van der Waals surface area contributed by atoms with E-state index in [1.807, 2.05) is 6.92 Å². The fraction of sp³-hybridized carbons (Fsp3) is 0.263. The highest BCUT2D eigenvalue weighted by Gasteiger charge is 2.35. The van der Waals surface area contributed by atoms with Gasteiger partial charge in [-0.25, -0.2) is 9.78 Å². The second-order valence-corrected chi connectivity index (χ2v) is 8.21. The molecule has 4 aromatic rings. The summed E-state index contributed by atoms with van der Waals surface area (Å²) in [6, 6.07) is -0.317. The molecule has 1 aliphatic rings. The van der Waals surface area contributed by atoms with Crippen molar-refractivity contribution in [1.82, 2.24) is 25.1 Å². The van der Waals surface area contributed by atoms with Gasteiger partial charge in [0.05, 0.1) is 33.7 Å². The Labute approximate surface area is 176 Å². The number of anilines is 1. The SMILES string of the molecule is CCn1cc(C2NC(=O)Nc3c2c(=O)[nH]c2c3sc3nc(C(F)(F)F)cc(C)c32)cn1. The number of nitrogens with one attached hydrogen (secondary N) is 3. The minimum atomic E-state index is -4.59. The number of fused-ring (bicyclic) bond motifs is 5. The molecule has 4 aromatic heterocycles. The van der Waals surface area contributed by atoms with Crippen LogP contribution in [0.4, 0.5) is 23.7 Å². The van der Waals surface area contributed by atoms with Crippen molar-refractivity contribution in [3.63, 3.8) is 0 Å². The predicted octanol–water partition coefficient (Wildman–Crippen LogP) is 3.91. The molecule has 2 amide bonds. The zero-order chi connectivity index (χ0) is 22.1. The van der Waals surface area contributed by atoms with E-state index in [0.29, 0.717) is 33.3 Å². The molecule has 160 valence electrons. The number of aromatic nitrogens is 4. The van der Waals surface area contributed by atoms with Gasteiger partial charge in [-0.1, -0.05) is 0 Å². The number of carbonyl (C=O) groups is 1. The third-order valence-corrected chi connectivity index (χ3v) is 6.34. The Kier molecular flexibility index (Phi) is 4.13. The standard InChI is InChI=1S/C19H15F3N6O2S/c1-3-28-6-8(5-23-28)12-11-14(27-18(30)26-12)15-13(25-16(11)29)10-7(2)4-9(19(20,21)22)24-17(10)31-15/h4-6,12H,3H2,1-2H3,(H,25,29)(H2,26,27,30). The summed E-state index contributed by atoms with van der Waals surface area (Å²) in [6.07, 6.45) is -1.29. The summed E-state index contributed by atoms with van der Waals surface area (Å²) in [5.74, 6) is 0. The number of amides is 2. The van der Waals surface area contributed by atoms with Crippen LogP contribution < -0.4 is 16.2 Å². The van der Waals surface area contributed by atoms with Gasteiger partial charge < -0.3 is 15.6 Å². The predicted molar refractivity (Wildman–Crippen MR) is 109 cm³/mol. The lowest BCUT2D eigenvalue weighted by Crippen LogP contribution is -2.41. The van der Waals surface area contributed by atoms with Crippen LogP contribution in [0, 0.1) is 6.92 Å². The third kappa shape index (κ3) is 2.97. The minimum Gasteiger partial charge on any atom is -0.327 e. The monoisotopic (exact) mass is 448 g/mol. The van der Waals surface area contributed by atoms with Crippen molar-refractivity contribution in [2.75, 3.05) is 5.32 Å². The molecule has 3 N–H and O–H groups in total. The van der Waals surface area contributed by atoms with Gasteiger partial charge in [0, 0.05) is 23.7 Å². The second kappa shape index (κ2) is 6.54. The number of nitrogens with zero attached hydrogens (tertiary/aromatic N) is 3. The molecule has 31 heavy (non-hydrogen) atoms. The molecule has 5 rings (SSSR count). The van der Waals surface area contributed by atoms with Crippen LogP contribution in [0.25, 0.3) is 20.4 Å². The summed E-state index contributed by atoms with van der Waals surface area (Å²) < 4.78 is 41.8. The molecule has 12 heteroatoms. The van der Waals surface area contributed by atoms with Crippen LogP contribution in [0.1, 0.15) is 35.3 Å². The number of hydrogen-bond acceptors (Lipinski definition) is 5. The van der Waals surface area contributed by atoms with Crippen LogP contribution in [0.5, 0.6) is 0 Å². The summed E-state index contributed by atoms with van der Waals surface area (Å²) >= 11 is 0.994. The largest absolute Gasteiger partial charge is 0.433 e. The number of carbonyl (C=O) groups excluding carboxylic acids is 1. The molecule has 0 fully saturated rings. The van der Waals surface area contributed by atoms with Crippen LogP contribution >= 0.6 is 11.3 Å². The Bertz CT molecular complexity index is 1430. The first-order valence-corrected chi connectivity index (χ1v) is 10.2.